The van der Waals surface area contributed by atoms with E-state index in [1.54, 1.807) is 33.8 Å². The maximum absolute atomic E-state index is 13.6. The van der Waals surface area contributed by atoms with E-state index in [2.05, 4.69) is 23.9 Å². The molecule has 0 aliphatic carbocycles. The minimum atomic E-state index is -0.662. The second-order valence-corrected chi connectivity index (χ2v) is 11.0. The molecular weight excluding hydrogens is 512 g/mol. The molecule has 2 aromatic heterocycles. The number of hydrogen-bond donors (Lipinski definition) is 1. The van der Waals surface area contributed by atoms with Gasteiger partial charge in [0.05, 0.1) is 18.4 Å². The minimum Gasteiger partial charge on any atom is -0.463 e. The van der Waals surface area contributed by atoms with Gasteiger partial charge in [-0.2, -0.15) is 0 Å². The Morgan fingerprint density at radius 1 is 1.00 bits per heavy atom. The molecule has 0 bridgehead atoms. The number of pyridine rings is 1. The quantitative estimate of drug-likeness (QED) is 0.243. The highest BCUT2D eigenvalue weighted by Crippen LogP contribution is 2.33. The van der Waals surface area contributed by atoms with E-state index in [4.69, 9.17) is 18.9 Å². The summed E-state index contributed by atoms with van der Waals surface area (Å²) in [6, 6.07) is 10.8. The molecule has 0 fully saturated rings. The second kappa shape index (κ2) is 12.8. The number of aryl methyl sites for hydroxylation is 2. The monoisotopic (exact) mass is 550 g/mol. The van der Waals surface area contributed by atoms with Gasteiger partial charge in [-0.15, -0.1) is 0 Å². The van der Waals surface area contributed by atoms with Crippen LogP contribution in [0.5, 0.6) is 0 Å². The predicted molar refractivity (Wildman–Crippen MR) is 150 cm³/mol. The molecular formula is C31H38N2O7. The summed E-state index contributed by atoms with van der Waals surface area (Å²) in [7, 11) is 1.26. The fourth-order valence-corrected chi connectivity index (χ4v) is 4.19. The number of carbonyl (C=O) groups is 3. The molecule has 0 atom stereocenters. The molecule has 1 N–H and O–H groups in total. The van der Waals surface area contributed by atoms with Crippen LogP contribution in [0.3, 0.4) is 0 Å². The molecule has 0 saturated heterocycles. The van der Waals surface area contributed by atoms with E-state index in [0.717, 1.165) is 16.8 Å². The van der Waals surface area contributed by atoms with E-state index < -0.39 is 23.6 Å². The Labute approximate surface area is 235 Å². The molecule has 9 heteroatoms. The van der Waals surface area contributed by atoms with Crippen LogP contribution in [-0.2, 0) is 33.8 Å². The van der Waals surface area contributed by atoms with Gasteiger partial charge in [-0.3, -0.25) is 4.98 Å². The van der Waals surface area contributed by atoms with E-state index in [-0.39, 0.29) is 30.4 Å². The number of rotatable bonds is 9. The zero-order chi connectivity index (χ0) is 29.6. The van der Waals surface area contributed by atoms with Gasteiger partial charge in [0.25, 0.3) is 0 Å². The minimum absolute atomic E-state index is 0.0142. The lowest BCUT2D eigenvalue weighted by molar-refractivity contribution is 0.0437. The van der Waals surface area contributed by atoms with Crippen molar-refractivity contribution in [3.05, 3.63) is 76.0 Å². The maximum Gasteiger partial charge on any atom is 0.407 e. The van der Waals surface area contributed by atoms with Gasteiger partial charge in [-0.1, -0.05) is 43.7 Å². The zero-order valence-corrected chi connectivity index (χ0v) is 24.5. The number of nitrogens with one attached hydrogen (secondary N) is 1. The largest absolute Gasteiger partial charge is 0.463 e. The molecule has 0 radical (unpaired) electrons. The summed E-state index contributed by atoms with van der Waals surface area (Å²) in [6.45, 7) is 13.2. The van der Waals surface area contributed by atoms with E-state index in [0.29, 0.717) is 29.0 Å². The highest BCUT2D eigenvalue weighted by molar-refractivity contribution is 5.99. The van der Waals surface area contributed by atoms with Crippen LogP contribution in [0.25, 0.3) is 11.1 Å². The van der Waals surface area contributed by atoms with Gasteiger partial charge >= 0.3 is 18.0 Å². The van der Waals surface area contributed by atoms with Gasteiger partial charge in [-0.25, -0.2) is 14.4 Å². The molecule has 1 aromatic carbocycles. The fourth-order valence-electron chi connectivity index (χ4n) is 4.19. The van der Waals surface area contributed by atoms with Gasteiger partial charge < -0.3 is 23.9 Å². The number of benzene rings is 1. The third kappa shape index (κ3) is 7.94. The molecule has 0 spiro atoms. The van der Waals surface area contributed by atoms with E-state index in [1.165, 1.54) is 13.2 Å². The van der Waals surface area contributed by atoms with E-state index in [9.17, 15) is 14.4 Å². The zero-order valence-electron chi connectivity index (χ0n) is 24.5. The Bertz CT molecular complexity index is 1370. The number of amides is 1. The Morgan fingerprint density at radius 3 is 2.27 bits per heavy atom. The first-order valence-electron chi connectivity index (χ1n) is 13.2. The summed E-state index contributed by atoms with van der Waals surface area (Å²) in [6.07, 6.45) is 0.0741. The molecule has 214 valence electrons. The SMILES string of the molecule is COC(=O)c1ccc(COC(=O)c2c(C)nc(CC(C)C)c(CNC(=O)OC(C)(C)C)c2-c2ccc(C)cc2)o1. The number of carbonyl (C=O) groups excluding carboxylic acids is 3. The summed E-state index contributed by atoms with van der Waals surface area (Å²) in [4.78, 5) is 42.7. The van der Waals surface area contributed by atoms with Crippen LogP contribution in [-0.4, -0.2) is 35.7 Å². The molecule has 0 aliphatic heterocycles. The maximum atomic E-state index is 13.6. The molecule has 0 unspecified atom stereocenters. The molecule has 0 aliphatic rings. The van der Waals surface area contributed by atoms with Gasteiger partial charge in [0.1, 0.15) is 18.0 Å². The molecule has 0 saturated carbocycles. The van der Waals surface area contributed by atoms with Crippen LogP contribution < -0.4 is 5.32 Å². The summed E-state index contributed by atoms with van der Waals surface area (Å²) in [5, 5.41) is 2.84. The third-order valence-electron chi connectivity index (χ3n) is 5.91. The average Bonchev–Trinajstić information content (AvgIpc) is 3.34. The molecule has 1 amide bonds. The topological polar surface area (TPSA) is 117 Å². The van der Waals surface area contributed by atoms with Crippen LogP contribution in [0.2, 0.25) is 0 Å². The number of aromatic nitrogens is 1. The summed E-state index contributed by atoms with van der Waals surface area (Å²) < 4.78 is 21.2. The summed E-state index contributed by atoms with van der Waals surface area (Å²) >= 11 is 0. The number of nitrogens with zero attached hydrogens (tertiary/aromatic N) is 1. The highest BCUT2D eigenvalue weighted by Gasteiger charge is 2.26. The Morgan fingerprint density at radius 2 is 1.68 bits per heavy atom. The van der Waals surface area contributed by atoms with Crippen LogP contribution in [0.4, 0.5) is 4.79 Å². The lowest BCUT2D eigenvalue weighted by Crippen LogP contribution is -2.32. The van der Waals surface area contributed by atoms with Gasteiger partial charge in [0, 0.05) is 23.4 Å². The smallest absolute Gasteiger partial charge is 0.407 e. The normalized spacial score (nSPS) is 11.3. The van der Waals surface area contributed by atoms with Crippen molar-refractivity contribution < 1.29 is 33.0 Å². The highest BCUT2D eigenvalue weighted by atomic mass is 16.6. The lowest BCUT2D eigenvalue weighted by Gasteiger charge is -2.23. The number of ether oxygens (including phenoxy) is 3. The van der Waals surface area contributed by atoms with Crippen molar-refractivity contribution in [2.75, 3.05) is 7.11 Å². The van der Waals surface area contributed by atoms with Crippen LogP contribution in [0, 0.1) is 19.8 Å². The van der Waals surface area contributed by atoms with Crippen molar-refractivity contribution in [3.63, 3.8) is 0 Å². The van der Waals surface area contributed by atoms with Crippen molar-refractivity contribution in [1.29, 1.82) is 0 Å². The molecule has 2 heterocycles. The molecule has 9 nitrogen and oxygen atoms in total. The summed E-state index contributed by atoms with van der Waals surface area (Å²) in [5.41, 5.74) is 4.12. The Kier molecular flexibility index (Phi) is 9.74. The van der Waals surface area contributed by atoms with Gasteiger partial charge in [0.2, 0.25) is 5.76 Å². The van der Waals surface area contributed by atoms with Gasteiger partial charge in [0.15, 0.2) is 0 Å². The van der Waals surface area contributed by atoms with Crippen molar-refractivity contribution >= 4 is 18.0 Å². The predicted octanol–water partition coefficient (Wildman–Crippen LogP) is 6.33. The molecule has 40 heavy (non-hydrogen) atoms. The van der Waals surface area contributed by atoms with E-state index in [1.807, 2.05) is 31.2 Å². The first kappa shape index (κ1) is 30.4. The van der Waals surface area contributed by atoms with E-state index >= 15 is 0 Å². The van der Waals surface area contributed by atoms with Crippen LogP contribution in [0.1, 0.15) is 83.8 Å². The van der Waals surface area contributed by atoms with Gasteiger partial charge in [-0.05, 0) is 64.7 Å². The van der Waals surface area contributed by atoms with Crippen LogP contribution >= 0.6 is 0 Å². The summed E-state index contributed by atoms with van der Waals surface area (Å²) in [5.74, 6) is -0.646. The van der Waals surface area contributed by atoms with Crippen molar-refractivity contribution in [3.8, 4) is 11.1 Å². The lowest BCUT2D eigenvalue weighted by atomic mass is 9.89. The molecule has 3 rings (SSSR count). The van der Waals surface area contributed by atoms with Crippen molar-refractivity contribution in [1.82, 2.24) is 10.3 Å². The second-order valence-electron chi connectivity index (χ2n) is 11.0. The first-order chi connectivity index (χ1) is 18.8. The first-order valence-corrected chi connectivity index (χ1v) is 13.2. The number of alkyl carbamates (subject to hydrolysis) is 1. The third-order valence-corrected chi connectivity index (χ3v) is 5.91. The number of esters is 2. The number of methoxy groups -OCH3 is 1. The van der Waals surface area contributed by atoms with Crippen molar-refractivity contribution in [2.45, 2.75) is 73.6 Å². The fraction of sp³-hybridized carbons (Fsp3) is 0.419. The average molecular weight is 551 g/mol. The Balaban J connectivity index is 2.07. The van der Waals surface area contributed by atoms with Crippen LogP contribution in [0.15, 0.2) is 40.8 Å². The number of furan rings is 1. The molecule has 3 aromatic rings. The Hall–Kier alpha value is -4.14. The number of hydrogen-bond acceptors (Lipinski definition) is 8. The van der Waals surface area contributed by atoms with Crippen molar-refractivity contribution in [2.24, 2.45) is 5.92 Å². The standard InChI is InChI=1S/C31H38N2O7/c1-18(2)15-24-23(16-32-30(36)40-31(5,6)7)27(21-11-9-19(3)10-12-21)26(20(4)33-24)29(35)38-17-22-13-14-25(39-22)28(34)37-8/h9-14,18H,15-17H2,1-8H3,(H,32,36).